The topological polar surface area (TPSA) is 38.7 Å². The largest absolute Gasteiger partial charge is 0.494 e. The van der Waals surface area contributed by atoms with Crippen molar-refractivity contribution in [3.05, 3.63) is 77.4 Å². The molecule has 2 aliphatic rings. The van der Waals surface area contributed by atoms with Crippen LogP contribution < -0.4 is 4.74 Å². The summed E-state index contributed by atoms with van der Waals surface area (Å²) in [7, 11) is 0. The molecule has 0 amide bonds. The van der Waals surface area contributed by atoms with E-state index in [4.69, 9.17) is 9.47 Å². The van der Waals surface area contributed by atoms with Crippen LogP contribution in [-0.4, -0.2) is 23.4 Å². The molecule has 1 saturated heterocycles. The summed E-state index contributed by atoms with van der Waals surface area (Å²) in [5.41, 5.74) is 4.85. The zero-order chi connectivity index (χ0) is 19.7. The second kappa shape index (κ2) is 7.73. The van der Waals surface area contributed by atoms with Crippen LogP contribution in [0.5, 0.6) is 5.75 Å². The van der Waals surface area contributed by atoms with E-state index in [1.807, 2.05) is 25.1 Å². The van der Waals surface area contributed by atoms with Crippen molar-refractivity contribution in [2.45, 2.75) is 57.3 Å². The first-order valence-corrected chi connectivity index (χ1v) is 10.3. The molecular formula is C25H30O3. The van der Waals surface area contributed by atoms with Gasteiger partial charge in [-0.25, -0.2) is 0 Å². The molecule has 4 rings (SSSR count). The molecule has 1 saturated carbocycles. The van der Waals surface area contributed by atoms with Crippen LogP contribution in [0.25, 0.3) is 0 Å². The van der Waals surface area contributed by atoms with Crippen molar-refractivity contribution in [2.75, 3.05) is 6.61 Å². The lowest BCUT2D eigenvalue weighted by Gasteiger charge is -2.39. The first-order valence-electron chi connectivity index (χ1n) is 10.3. The Morgan fingerprint density at radius 3 is 2.61 bits per heavy atom. The molecule has 1 N–H and O–H groups in total. The highest BCUT2D eigenvalue weighted by atomic mass is 16.5. The third-order valence-electron chi connectivity index (χ3n) is 6.16. The lowest BCUT2D eigenvalue weighted by Crippen LogP contribution is -2.40. The van der Waals surface area contributed by atoms with E-state index in [0.717, 1.165) is 37.0 Å². The average molecular weight is 379 g/mol. The average Bonchev–Trinajstić information content (AvgIpc) is 3.43. The highest BCUT2D eigenvalue weighted by Gasteiger charge is 2.53. The van der Waals surface area contributed by atoms with Gasteiger partial charge < -0.3 is 14.6 Å². The minimum Gasteiger partial charge on any atom is -0.494 e. The van der Waals surface area contributed by atoms with Crippen LogP contribution in [-0.2, 0) is 11.2 Å². The summed E-state index contributed by atoms with van der Waals surface area (Å²) in [5.74, 6) is 0.845. The smallest absolute Gasteiger partial charge is 0.119 e. The minimum absolute atomic E-state index is 0.0627. The van der Waals surface area contributed by atoms with E-state index in [1.165, 1.54) is 16.7 Å². The van der Waals surface area contributed by atoms with Gasteiger partial charge in [-0.2, -0.15) is 0 Å². The summed E-state index contributed by atoms with van der Waals surface area (Å²) in [5, 5.41) is 10.6. The van der Waals surface area contributed by atoms with Gasteiger partial charge in [0.25, 0.3) is 0 Å². The molecule has 2 aromatic rings. The first-order chi connectivity index (χ1) is 13.5. The van der Waals surface area contributed by atoms with Crippen LogP contribution in [0.15, 0.2) is 55.1 Å². The van der Waals surface area contributed by atoms with Gasteiger partial charge in [0.1, 0.15) is 5.75 Å². The van der Waals surface area contributed by atoms with Gasteiger partial charge in [0, 0.05) is 12.3 Å². The Morgan fingerprint density at radius 2 is 1.96 bits per heavy atom. The standard InChI is InChI=1S/C25H30O3/c1-4-22-23(26)16-25(12-13-25)28-24(22)19-9-6-17(3)20(15-19)14-18-7-10-21(11-8-18)27-5-2/h4,6-11,15,22-24,26H,1,5,12-14,16H2,2-3H3. The van der Waals surface area contributed by atoms with E-state index in [0.29, 0.717) is 6.61 Å². The molecule has 3 unspecified atom stereocenters. The van der Waals surface area contributed by atoms with Crippen molar-refractivity contribution in [3.63, 3.8) is 0 Å². The van der Waals surface area contributed by atoms with Gasteiger partial charge in [-0.15, -0.1) is 6.58 Å². The molecule has 148 valence electrons. The molecule has 0 radical (unpaired) electrons. The quantitative estimate of drug-likeness (QED) is 0.707. The molecule has 3 heteroatoms. The maximum Gasteiger partial charge on any atom is 0.119 e. The predicted octanol–water partition coefficient (Wildman–Crippen LogP) is 5.14. The van der Waals surface area contributed by atoms with E-state index >= 15 is 0 Å². The van der Waals surface area contributed by atoms with Crippen LogP contribution in [0.3, 0.4) is 0 Å². The lowest BCUT2D eigenvalue weighted by molar-refractivity contribution is -0.138. The zero-order valence-electron chi connectivity index (χ0n) is 16.9. The SMILES string of the molecule is C=CC1C(O)CC2(CC2)OC1c1ccc(C)c(Cc2ccc(OCC)cc2)c1. The number of benzene rings is 2. The number of aryl methyl sites for hydroxylation is 1. The number of ether oxygens (including phenoxy) is 2. The molecule has 0 bridgehead atoms. The molecule has 0 aromatic heterocycles. The lowest BCUT2D eigenvalue weighted by atomic mass is 9.83. The van der Waals surface area contributed by atoms with Gasteiger partial charge >= 0.3 is 0 Å². The molecule has 1 aliphatic heterocycles. The fraction of sp³-hybridized carbons (Fsp3) is 0.440. The minimum atomic E-state index is -0.380. The Bertz CT molecular complexity index is 835. The number of aliphatic hydroxyl groups excluding tert-OH is 1. The Hall–Kier alpha value is -2.10. The highest BCUT2D eigenvalue weighted by Crippen LogP contribution is 2.53. The van der Waals surface area contributed by atoms with Crippen molar-refractivity contribution in [2.24, 2.45) is 5.92 Å². The van der Waals surface area contributed by atoms with E-state index in [9.17, 15) is 5.11 Å². The van der Waals surface area contributed by atoms with Gasteiger partial charge in [-0.3, -0.25) is 0 Å². The number of rotatable bonds is 6. The summed E-state index contributed by atoms with van der Waals surface area (Å²) in [4.78, 5) is 0. The summed E-state index contributed by atoms with van der Waals surface area (Å²) in [6, 6.07) is 14.9. The summed E-state index contributed by atoms with van der Waals surface area (Å²) >= 11 is 0. The maximum atomic E-state index is 10.6. The van der Waals surface area contributed by atoms with E-state index in [2.05, 4.69) is 43.8 Å². The molecule has 1 heterocycles. The summed E-state index contributed by atoms with van der Waals surface area (Å²) < 4.78 is 12.0. The molecule has 2 fully saturated rings. The Morgan fingerprint density at radius 1 is 1.21 bits per heavy atom. The van der Waals surface area contributed by atoms with Gasteiger partial charge in [0.05, 0.1) is 24.4 Å². The van der Waals surface area contributed by atoms with Gasteiger partial charge in [0.2, 0.25) is 0 Å². The third kappa shape index (κ3) is 3.87. The summed E-state index contributed by atoms with van der Waals surface area (Å²) in [6.07, 6.45) is 5.05. The second-order valence-electron chi connectivity index (χ2n) is 8.25. The molecule has 28 heavy (non-hydrogen) atoms. The van der Waals surface area contributed by atoms with Crippen molar-refractivity contribution in [1.82, 2.24) is 0 Å². The van der Waals surface area contributed by atoms with Crippen LogP contribution in [0.4, 0.5) is 0 Å². The van der Waals surface area contributed by atoms with Gasteiger partial charge in [-0.1, -0.05) is 36.4 Å². The molecule has 1 spiro atoms. The normalized spacial score (nSPS) is 25.5. The Balaban J connectivity index is 1.58. The Labute approximate surface area is 168 Å². The fourth-order valence-corrected chi connectivity index (χ4v) is 4.30. The Kier molecular flexibility index (Phi) is 5.31. The maximum absolute atomic E-state index is 10.6. The molecular weight excluding hydrogens is 348 g/mol. The van der Waals surface area contributed by atoms with Crippen molar-refractivity contribution >= 4 is 0 Å². The number of aliphatic hydroxyl groups is 1. The van der Waals surface area contributed by atoms with E-state index < -0.39 is 0 Å². The van der Waals surface area contributed by atoms with E-state index in [-0.39, 0.29) is 23.7 Å². The monoisotopic (exact) mass is 378 g/mol. The summed E-state index contributed by atoms with van der Waals surface area (Å²) in [6.45, 7) is 8.78. The molecule has 3 nitrogen and oxygen atoms in total. The van der Waals surface area contributed by atoms with Gasteiger partial charge in [0.15, 0.2) is 0 Å². The van der Waals surface area contributed by atoms with Crippen molar-refractivity contribution in [3.8, 4) is 5.75 Å². The zero-order valence-corrected chi connectivity index (χ0v) is 16.9. The van der Waals surface area contributed by atoms with Crippen LogP contribution in [0.2, 0.25) is 0 Å². The van der Waals surface area contributed by atoms with Crippen LogP contribution in [0.1, 0.15) is 54.5 Å². The predicted molar refractivity (Wildman–Crippen MR) is 112 cm³/mol. The van der Waals surface area contributed by atoms with E-state index in [1.54, 1.807) is 0 Å². The molecule has 3 atom stereocenters. The van der Waals surface area contributed by atoms with Gasteiger partial charge in [-0.05, 0) is 67.5 Å². The second-order valence-corrected chi connectivity index (χ2v) is 8.25. The first kappa shape index (κ1) is 19.2. The number of hydrogen-bond acceptors (Lipinski definition) is 3. The third-order valence-corrected chi connectivity index (χ3v) is 6.16. The molecule has 1 aliphatic carbocycles. The van der Waals surface area contributed by atoms with Crippen LogP contribution in [0, 0.1) is 12.8 Å². The highest BCUT2D eigenvalue weighted by molar-refractivity contribution is 5.38. The number of hydrogen-bond donors (Lipinski definition) is 1. The van der Waals surface area contributed by atoms with Crippen molar-refractivity contribution in [1.29, 1.82) is 0 Å². The van der Waals surface area contributed by atoms with Crippen molar-refractivity contribution < 1.29 is 14.6 Å². The van der Waals surface area contributed by atoms with Crippen LogP contribution >= 0.6 is 0 Å². The fourth-order valence-electron chi connectivity index (χ4n) is 4.30. The molecule has 2 aromatic carbocycles.